The van der Waals surface area contributed by atoms with Crippen LogP contribution in [0.2, 0.25) is 0 Å². The maximum atomic E-state index is 11.0. The number of methoxy groups -OCH3 is 1. The number of benzene rings is 1. The fourth-order valence-electron chi connectivity index (χ4n) is 1.59. The summed E-state index contributed by atoms with van der Waals surface area (Å²) in [5.74, 6) is -1.33. The number of hydrogen-bond acceptors (Lipinski definition) is 5. The van der Waals surface area contributed by atoms with Gasteiger partial charge in [0.1, 0.15) is 11.3 Å². The largest absolute Gasteiger partial charge is 0.477 e. The predicted molar refractivity (Wildman–Crippen MR) is 65.0 cm³/mol. The van der Waals surface area contributed by atoms with Gasteiger partial charge in [0.2, 0.25) is 0 Å². The maximum Gasteiger partial charge on any atom is 0.342 e. The molecular weight excluding hydrogens is 240 g/mol. The maximum absolute atomic E-state index is 11.0. The Hall–Kier alpha value is -2.15. The Balaban J connectivity index is 3.15. The molecule has 18 heavy (non-hydrogen) atoms. The van der Waals surface area contributed by atoms with Crippen molar-refractivity contribution < 1.29 is 19.6 Å². The van der Waals surface area contributed by atoms with Gasteiger partial charge in [-0.15, -0.1) is 0 Å². The highest BCUT2D eigenvalue weighted by Crippen LogP contribution is 2.29. The highest BCUT2D eigenvalue weighted by atomic mass is 16.6. The van der Waals surface area contributed by atoms with Gasteiger partial charge in [0, 0.05) is 13.2 Å². The van der Waals surface area contributed by atoms with Crippen LogP contribution >= 0.6 is 0 Å². The molecule has 0 aliphatic carbocycles. The summed E-state index contributed by atoms with van der Waals surface area (Å²) >= 11 is 0. The van der Waals surface area contributed by atoms with Crippen molar-refractivity contribution in [2.75, 3.05) is 19.0 Å². The average Bonchev–Trinajstić information content (AvgIpc) is 2.28. The first-order chi connectivity index (χ1) is 8.47. The molecule has 7 nitrogen and oxygen atoms in total. The van der Waals surface area contributed by atoms with Crippen LogP contribution in [0, 0.1) is 10.1 Å². The van der Waals surface area contributed by atoms with Crippen molar-refractivity contribution in [1.29, 1.82) is 0 Å². The standard InChI is InChI=1S/C11H14N2O5/c1-7(6-18-2)12-9-5-3-4-8(11(14)15)10(9)13(16)17/h3-5,7,12H,6H2,1-2H3,(H,14,15). The minimum Gasteiger partial charge on any atom is -0.477 e. The van der Waals surface area contributed by atoms with Gasteiger partial charge in [-0.3, -0.25) is 10.1 Å². The molecule has 0 spiro atoms. The van der Waals surface area contributed by atoms with Crippen molar-refractivity contribution >= 4 is 17.3 Å². The number of ether oxygens (including phenoxy) is 1. The zero-order chi connectivity index (χ0) is 13.7. The van der Waals surface area contributed by atoms with E-state index in [-0.39, 0.29) is 17.3 Å². The molecule has 0 bridgehead atoms. The number of rotatable bonds is 6. The summed E-state index contributed by atoms with van der Waals surface area (Å²) in [5.41, 5.74) is -0.605. The topological polar surface area (TPSA) is 102 Å². The van der Waals surface area contributed by atoms with Crippen molar-refractivity contribution in [3.05, 3.63) is 33.9 Å². The number of hydrogen-bond donors (Lipinski definition) is 2. The van der Waals surface area contributed by atoms with E-state index < -0.39 is 16.6 Å². The summed E-state index contributed by atoms with van der Waals surface area (Å²) in [6.45, 7) is 2.13. The van der Waals surface area contributed by atoms with Gasteiger partial charge < -0.3 is 15.2 Å². The van der Waals surface area contributed by atoms with E-state index in [9.17, 15) is 14.9 Å². The van der Waals surface area contributed by atoms with Crippen LogP contribution < -0.4 is 5.32 Å². The fraction of sp³-hybridized carbons (Fsp3) is 0.364. The van der Waals surface area contributed by atoms with Crippen LogP contribution in [0.4, 0.5) is 11.4 Å². The van der Waals surface area contributed by atoms with Gasteiger partial charge in [-0.1, -0.05) is 6.07 Å². The number of carboxylic acids is 1. The summed E-state index contributed by atoms with van der Waals surface area (Å²) in [5, 5.41) is 22.7. The third kappa shape index (κ3) is 3.17. The molecule has 7 heteroatoms. The fourth-order valence-corrected chi connectivity index (χ4v) is 1.59. The van der Waals surface area contributed by atoms with Gasteiger partial charge >= 0.3 is 11.7 Å². The molecule has 1 atom stereocenters. The second-order valence-electron chi connectivity index (χ2n) is 3.76. The second-order valence-corrected chi connectivity index (χ2v) is 3.76. The van der Waals surface area contributed by atoms with Crippen LogP contribution in [-0.2, 0) is 4.74 Å². The number of aromatic carboxylic acids is 1. The van der Waals surface area contributed by atoms with Gasteiger partial charge in [-0.05, 0) is 19.1 Å². The van der Waals surface area contributed by atoms with Gasteiger partial charge in [-0.25, -0.2) is 4.79 Å². The van der Waals surface area contributed by atoms with Gasteiger partial charge in [0.15, 0.2) is 0 Å². The molecular formula is C11H14N2O5. The Kier molecular flexibility index (Phi) is 4.61. The van der Waals surface area contributed by atoms with Crippen molar-refractivity contribution in [3.8, 4) is 0 Å². The quantitative estimate of drug-likeness (QED) is 0.592. The number of nitro groups is 1. The van der Waals surface area contributed by atoms with Gasteiger partial charge in [0.25, 0.3) is 0 Å². The van der Waals surface area contributed by atoms with Gasteiger partial charge in [0.05, 0.1) is 11.5 Å². The summed E-state index contributed by atoms with van der Waals surface area (Å²) in [6, 6.07) is 3.96. The molecule has 0 saturated heterocycles. The zero-order valence-electron chi connectivity index (χ0n) is 10.0. The van der Waals surface area contributed by atoms with Crippen LogP contribution in [0.1, 0.15) is 17.3 Å². The third-order valence-electron chi connectivity index (χ3n) is 2.27. The van der Waals surface area contributed by atoms with Crippen LogP contribution in [0.3, 0.4) is 0 Å². The molecule has 0 fully saturated rings. The predicted octanol–water partition coefficient (Wildman–Crippen LogP) is 1.74. The van der Waals surface area contributed by atoms with E-state index >= 15 is 0 Å². The second kappa shape index (κ2) is 5.97. The monoisotopic (exact) mass is 254 g/mol. The summed E-state index contributed by atoms with van der Waals surface area (Å²) in [7, 11) is 1.51. The molecule has 0 saturated carbocycles. The van der Waals surface area contributed by atoms with E-state index in [2.05, 4.69) is 5.32 Å². The minimum atomic E-state index is -1.33. The average molecular weight is 254 g/mol. The first-order valence-electron chi connectivity index (χ1n) is 5.23. The van der Waals surface area contributed by atoms with Gasteiger partial charge in [-0.2, -0.15) is 0 Å². The Morgan fingerprint density at radius 3 is 2.78 bits per heavy atom. The molecule has 0 radical (unpaired) electrons. The number of anilines is 1. The number of carboxylic acid groups (broad SMARTS) is 1. The molecule has 0 aliphatic rings. The van der Waals surface area contributed by atoms with E-state index in [1.165, 1.54) is 25.3 Å². The smallest absolute Gasteiger partial charge is 0.342 e. The first kappa shape index (κ1) is 13.9. The van der Waals surface area contributed by atoms with Crippen molar-refractivity contribution in [2.45, 2.75) is 13.0 Å². The molecule has 0 aromatic heterocycles. The lowest BCUT2D eigenvalue weighted by atomic mass is 10.1. The number of nitrogens with one attached hydrogen (secondary N) is 1. The zero-order valence-corrected chi connectivity index (χ0v) is 10.0. The SMILES string of the molecule is COCC(C)Nc1cccc(C(=O)O)c1[N+](=O)[O-]. The van der Waals surface area contributed by atoms with E-state index in [1.54, 1.807) is 6.92 Å². The van der Waals surface area contributed by atoms with Crippen molar-refractivity contribution in [1.82, 2.24) is 0 Å². The Morgan fingerprint density at radius 2 is 2.28 bits per heavy atom. The number of carbonyl (C=O) groups is 1. The Labute approximate surface area is 104 Å². The highest BCUT2D eigenvalue weighted by Gasteiger charge is 2.24. The molecule has 1 aromatic rings. The van der Waals surface area contributed by atoms with E-state index in [1.807, 2.05) is 0 Å². The molecule has 1 aromatic carbocycles. The summed E-state index contributed by atoms with van der Waals surface area (Å²) in [6.07, 6.45) is 0. The lowest BCUT2D eigenvalue weighted by Crippen LogP contribution is -2.21. The normalized spacial score (nSPS) is 11.9. The van der Waals surface area contributed by atoms with E-state index in [0.29, 0.717) is 6.61 Å². The van der Waals surface area contributed by atoms with Crippen molar-refractivity contribution in [2.24, 2.45) is 0 Å². The van der Waals surface area contributed by atoms with Crippen LogP contribution in [0.25, 0.3) is 0 Å². The van der Waals surface area contributed by atoms with Crippen LogP contribution in [0.15, 0.2) is 18.2 Å². The highest BCUT2D eigenvalue weighted by molar-refractivity contribution is 5.95. The minimum absolute atomic E-state index is 0.169. The van der Waals surface area contributed by atoms with Crippen LogP contribution in [0.5, 0.6) is 0 Å². The number of nitro benzene ring substituents is 1. The molecule has 2 N–H and O–H groups in total. The molecule has 1 rings (SSSR count). The molecule has 98 valence electrons. The lowest BCUT2D eigenvalue weighted by Gasteiger charge is -2.14. The molecule has 0 amide bonds. The Bertz CT molecular complexity index is 461. The number of para-hydroxylation sites is 1. The summed E-state index contributed by atoms with van der Waals surface area (Å²) in [4.78, 5) is 21.2. The van der Waals surface area contributed by atoms with Crippen LogP contribution in [-0.4, -0.2) is 35.8 Å². The third-order valence-corrected chi connectivity index (χ3v) is 2.27. The molecule has 1 unspecified atom stereocenters. The summed E-state index contributed by atoms with van der Waals surface area (Å²) < 4.78 is 4.91. The van der Waals surface area contributed by atoms with E-state index in [0.717, 1.165) is 0 Å². The molecule has 0 aliphatic heterocycles. The number of nitrogens with zero attached hydrogens (tertiary/aromatic N) is 1. The molecule has 0 heterocycles. The first-order valence-corrected chi connectivity index (χ1v) is 5.23. The van der Waals surface area contributed by atoms with E-state index in [4.69, 9.17) is 9.84 Å². The Morgan fingerprint density at radius 1 is 1.61 bits per heavy atom. The lowest BCUT2D eigenvalue weighted by molar-refractivity contribution is -0.384. The van der Waals surface area contributed by atoms with Crippen molar-refractivity contribution in [3.63, 3.8) is 0 Å².